The predicted molar refractivity (Wildman–Crippen MR) is 81.4 cm³/mol. The Morgan fingerprint density at radius 3 is 2.78 bits per heavy atom. The Morgan fingerprint density at radius 1 is 1.61 bits per heavy atom. The molecule has 1 amide bonds. The highest BCUT2D eigenvalue weighted by atomic mass is 127. The number of alkyl halides is 1. The predicted octanol–water partition coefficient (Wildman–Crippen LogP) is 2.35. The van der Waals surface area contributed by atoms with E-state index in [1.165, 1.54) is 0 Å². The molecule has 1 aliphatic heterocycles. The van der Waals surface area contributed by atoms with Gasteiger partial charge in [0.15, 0.2) is 0 Å². The molecule has 1 saturated heterocycles. The molecule has 1 atom stereocenters. The third kappa shape index (κ3) is 4.62. The van der Waals surface area contributed by atoms with Gasteiger partial charge in [-0.15, -0.1) is 0 Å². The third-order valence-electron chi connectivity index (χ3n) is 2.73. The van der Waals surface area contributed by atoms with E-state index in [9.17, 15) is 4.79 Å². The first-order valence-electron chi connectivity index (χ1n) is 6.14. The summed E-state index contributed by atoms with van der Waals surface area (Å²) in [6.07, 6.45) is 0.693. The maximum Gasteiger partial charge on any atom is 0.410 e. The molecule has 0 aliphatic carbocycles. The van der Waals surface area contributed by atoms with Crippen LogP contribution in [0.3, 0.4) is 0 Å². The van der Waals surface area contributed by atoms with Crippen LogP contribution in [0.5, 0.6) is 0 Å². The number of ether oxygens (including phenoxy) is 1. The standard InChI is InChI=1S/C12H22IN3O2/c1-12(2,3)18-11(17)15-7-5-10(9-15)16(14-4)8-6-13/h10H,4-9H2,1-3H3. The molecule has 5 nitrogen and oxygen atoms in total. The van der Waals surface area contributed by atoms with Crippen molar-refractivity contribution in [3.8, 4) is 0 Å². The molecule has 0 aromatic rings. The number of rotatable bonds is 4. The van der Waals surface area contributed by atoms with Gasteiger partial charge in [-0.1, -0.05) is 22.6 Å². The highest BCUT2D eigenvalue weighted by molar-refractivity contribution is 14.1. The first-order valence-corrected chi connectivity index (χ1v) is 7.67. The molecular formula is C12H22IN3O2. The van der Waals surface area contributed by atoms with Crippen molar-refractivity contribution < 1.29 is 9.53 Å². The number of carbonyl (C=O) groups excluding carboxylic acids is 1. The van der Waals surface area contributed by atoms with E-state index in [2.05, 4.69) is 34.4 Å². The average molecular weight is 367 g/mol. The maximum atomic E-state index is 11.9. The van der Waals surface area contributed by atoms with Crippen molar-refractivity contribution >= 4 is 35.4 Å². The molecule has 1 unspecified atom stereocenters. The second-order valence-electron chi connectivity index (χ2n) is 5.36. The van der Waals surface area contributed by atoms with Crippen LogP contribution in [0.4, 0.5) is 4.79 Å². The summed E-state index contributed by atoms with van der Waals surface area (Å²) in [6, 6.07) is 0.268. The third-order valence-corrected chi connectivity index (χ3v) is 3.21. The van der Waals surface area contributed by atoms with Crippen LogP contribution in [0.25, 0.3) is 0 Å². The zero-order valence-corrected chi connectivity index (χ0v) is 13.5. The number of likely N-dealkylation sites (tertiary alicyclic amines) is 1. The van der Waals surface area contributed by atoms with Crippen LogP contribution in [0, 0.1) is 0 Å². The fourth-order valence-corrected chi connectivity index (χ4v) is 2.43. The van der Waals surface area contributed by atoms with E-state index in [0.717, 1.165) is 23.9 Å². The Hall–Kier alpha value is -0.530. The van der Waals surface area contributed by atoms with E-state index in [4.69, 9.17) is 4.74 Å². The minimum Gasteiger partial charge on any atom is -0.444 e. The van der Waals surface area contributed by atoms with Crippen LogP contribution in [0.2, 0.25) is 0 Å². The van der Waals surface area contributed by atoms with E-state index < -0.39 is 5.60 Å². The molecule has 0 N–H and O–H groups in total. The van der Waals surface area contributed by atoms with Crippen LogP contribution < -0.4 is 0 Å². The first-order chi connectivity index (χ1) is 8.37. The van der Waals surface area contributed by atoms with Gasteiger partial charge in [-0.3, -0.25) is 5.01 Å². The lowest BCUT2D eigenvalue weighted by molar-refractivity contribution is 0.0281. The Labute approximate surface area is 123 Å². The average Bonchev–Trinajstić information content (AvgIpc) is 2.72. The van der Waals surface area contributed by atoms with Gasteiger partial charge in [-0.2, -0.15) is 5.10 Å². The van der Waals surface area contributed by atoms with Gasteiger partial charge in [0.1, 0.15) is 5.60 Å². The number of nitrogens with zero attached hydrogens (tertiary/aromatic N) is 3. The highest BCUT2D eigenvalue weighted by Crippen LogP contribution is 2.19. The second kappa shape index (κ2) is 6.58. The molecular weight excluding hydrogens is 345 g/mol. The summed E-state index contributed by atoms with van der Waals surface area (Å²) in [6.45, 7) is 11.5. The van der Waals surface area contributed by atoms with Crippen molar-refractivity contribution in [1.29, 1.82) is 0 Å². The Balaban J connectivity index is 2.50. The number of hydrogen-bond donors (Lipinski definition) is 0. The SMILES string of the molecule is C=NN(CCI)C1CCN(C(=O)OC(C)(C)C)C1. The van der Waals surface area contributed by atoms with E-state index >= 15 is 0 Å². The lowest BCUT2D eigenvalue weighted by Gasteiger charge is -2.26. The Morgan fingerprint density at radius 2 is 2.28 bits per heavy atom. The molecule has 6 heteroatoms. The van der Waals surface area contributed by atoms with Gasteiger partial charge in [0.25, 0.3) is 0 Å². The van der Waals surface area contributed by atoms with Gasteiger partial charge in [-0.05, 0) is 27.2 Å². The molecule has 0 aromatic carbocycles. The van der Waals surface area contributed by atoms with Gasteiger partial charge < -0.3 is 9.64 Å². The molecule has 0 spiro atoms. The van der Waals surface area contributed by atoms with Gasteiger partial charge in [0.2, 0.25) is 0 Å². The van der Waals surface area contributed by atoms with Crippen LogP contribution >= 0.6 is 22.6 Å². The summed E-state index contributed by atoms with van der Waals surface area (Å²) >= 11 is 2.31. The summed E-state index contributed by atoms with van der Waals surface area (Å²) in [5, 5.41) is 6.00. The number of carbonyl (C=O) groups is 1. The molecule has 104 valence electrons. The van der Waals surface area contributed by atoms with Crippen LogP contribution in [-0.2, 0) is 4.74 Å². The summed E-state index contributed by atoms with van der Waals surface area (Å²) in [7, 11) is 0. The molecule has 1 fully saturated rings. The smallest absolute Gasteiger partial charge is 0.410 e. The molecule has 18 heavy (non-hydrogen) atoms. The molecule has 0 saturated carbocycles. The zero-order valence-electron chi connectivity index (χ0n) is 11.4. The quantitative estimate of drug-likeness (QED) is 0.332. The lowest BCUT2D eigenvalue weighted by atomic mass is 10.2. The Bertz CT molecular complexity index is 304. The minimum atomic E-state index is -0.437. The Kier molecular flexibility index (Phi) is 5.68. The molecule has 1 aliphatic rings. The van der Waals surface area contributed by atoms with E-state index in [1.807, 2.05) is 25.8 Å². The number of halogens is 1. The van der Waals surface area contributed by atoms with Gasteiger partial charge in [0, 0.05) is 30.8 Å². The molecule has 0 radical (unpaired) electrons. The molecule has 0 aromatic heterocycles. The monoisotopic (exact) mass is 367 g/mol. The fraction of sp³-hybridized carbons (Fsp3) is 0.833. The van der Waals surface area contributed by atoms with Crippen molar-refractivity contribution in [1.82, 2.24) is 9.91 Å². The van der Waals surface area contributed by atoms with Crippen molar-refractivity contribution in [3.05, 3.63) is 0 Å². The fourth-order valence-electron chi connectivity index (χ4n) is 1.93. The topological polar surface area (TPSA) is 45.1 Å². The summed E-state index contributed by atoms with van der Waals surface area (Å²) < 4.78 is 6.36. The van der Waals surface area contributed by atoms with Crippen molar-refractivity contribution in [3.63, 3.8) is 0 Å². The van der Waals surface area contributed by atoms with Crippen molar-refractivity contribution in [2.45, 2.75) is 38.8 Å². The maximum absolute atomic E-state index is 11.9. The number of hydrogen-bond acceptors (Lipinski definition) is 4. The van der Waals surface area contributed by atoms with Crippen LogP contribution in [0.1, 0.15) is 27.2 Å². The van der Waals surface area contributed by atoms with E-state index in [1.54, 1.807) is 4.90 Å². The summed E-state index contributed by atoms with van der Waals surface area (Å²) in [4.78, 5) is 13.7. The van der Waals surface area contributed by atoms with Crippen molar-refractivity contribution in [2.24, 2.45) is 5.10 Å². The van der Waals surface area contributed by atoms with E-state index in [0.29, 0.717) is 6.54 Å². The first kappa shape index (κ1) is 15.5. The number of amides is 1. The largest absolute Gasteiger partial charge is 0.444 e. The second-order valence-corrected chi connectivity index (χ2v) is 6.44. The lowest BCUT2D eigenvalue weighted by Crippen LogP contribution is -2.39. The van der Waals surface area contributed by atoms with Crippen LogP contribution in [0.15, 0.2) is 5.10 Å². The zero-order chi connectivity index (χ0) is 13.8. The minimum absolute atomic E-state index is 0.233. The highest BCUT2D eigenvalue weighted by Gasteiger charge is 2.32. The van der Waals surface area contributed by atoms with Crippen molar-refractivity contribution in [2.75, 3.05) is 24.1 Å². The normalized spacial score (nSPS) is 19.8. The van der Waals surface area contributed by atoms with E-state index in [-0.39, 0.29) is 12.1 Å². The number of hydrazone groups is 1. The van der Waals surface area contributed by atoms with Gasteiger partial charge in [0.05, 0.1) is 6.04 Å². The van der Waals surface area contributed by atoms with Gasteiger partial charge in [-0.25, -0.2) is 4.79 Å². The van der Waals surface area contributed by atoms with Gasteiger partial charge >= 0.3 is 6.09 Å². The summed E-state index contributed by atoms with van der Waals surface area (Å²) in [5.41, 5.74) is -0.437. The summed E-state index contributed by atoms with van der Waals surface area (Å²) in [5.74, 6) is 0. The molecule has 0 bridgehead atoms. The molecule has 1 rings (SSSR count). The van der Waals surface area contributed by atoms with Crippen LogP contribution in [-0.4, -0.2) is 58.4 Å². The molecule has 1 heterocycles.